The number of para-hydroxylation sites is 1. The van der Waals surface area contributed by atoms with Gasteiger partial charge in [0.2, 0.25) is 11.8 Å². The highest BCUT2D eigenvalue weighted by Crippen LogP contribution is 2.25. The monoisotopic (exact) mass is 395 g/mol. The van der Waals surface area contributed by atoms with Crippen LogP contribution in [-0.2, 0) is 16.0 Å². The summed E-state index contributed by atoms with van der Waals surface area (Å²) in [6.07, 6.45) is 13.5. The lowest BCUT2D eigenvalue weighted by Gasteiger charge is -2.28. The van der Waals surface area contributed by atoms with Gasteiger partial charge >= 0.3 is 0 Å². The molecule has 0 bridgehead atoms. The smallest absolute Gasteiger partial charge is 0.243 e. The predicted molar refractivity (Wildman–Crippen MR) is 116 cm³/mol. The van der Waals surface area contributed by atoms with E-state index in [0.717, 1.165) is 55.0 Å². The van der Waals surface area contributed by atoms with E-state index in [2.05, 4.69) is 21.7 Å². The van der Waals surface area contributed by atoms with Crippen molar-refractivity contribution in [1.29, 1.82) is 0 Å². The zero-order chi connectivity index (χ0) is 20.1. The second-order valence-electron chi connectivity index (χ2n) is 8.80. The van der Waals surface area contributed by atoms with Crippen LogP contribution in [-0.4, -0.2) is 28.9 Å². The van der Waals surface area contributed by atoms with Gasteiger partial charge in [-0.2, -0.15) is 0 Å². The lowest BCUT2D eigenvalue weighted by Crippen LogP contribution is -2.52. The first-order valence-electron chi connectivity index (χ1n) is 11.4. The summed E-state index contributed by atoms with van der Waals surface area (Å²) in [4.78, 5) is 29.3. The van der Waals surface area contributed by atoms with Gasteiger partial charge in [0.1, 0.15) is 6.04 Å². The third kappa shape index (κ3) is 5.01. The van der Waals surface area contributed by atoms with Gasteiger partial charge in [0.15, 0.2) is 0 Å². The molecule has 1 heterocycles. The molecule has 1 aromatic heterocycles. The summed E-state index contributed by atoms with van der Waals surface area (Å²) >= 11 is 0. The van der Waals surface area contributed by atoms with Crippen molar-refractivity contribution in [2.75, 3.05) is 0 Å². The fourth-order valence-corrected chi connectivity index (χ4v) is 4.93. The van der Waals surface area contributed by atoms with Crippen molar-refractivity contribution in [3.8, 4) is 0 Å². The second kappa shape index (κ2) is 9.47. The molecule has 2 amide bonds. The quantitative estimate of drug-likeness (QED) is 0.685. The largest absolute Gasteiger partial charge is 0.361 e. The van der Waals surface area contributed by atoms with Crippen LogP contribution in [0.3, 0.4) is 0 Å². The lowest BCUT2D eigenvalue weighted by atomic mass is 9.88. The average Bonchev–Trinajstić information content (AvgIpc) is 3.17. The molecule has 1 unspecified atom stereocenters. The summed E-state index contributed by atoms with van der Waals surface area (Å²) in [5.41, 5.74) is 2.14. The number of rotatable bonds is 6. The van der Waals surface area contributed by atoms with Crippen molar-refractivity contribution in [3.63, 3.8) is 0 Å². The number of nitrogens with one attached hydrogen (secondary N) is 3. The van der Waals surface area contributed by atoms with Gasteiger partial charge in [-0.3, -0.25) is 9.59 Å². The fraction of sp³-hybridized carbons (Fsp3) is 0.583. The number of carbonyl (C=O) groups excluding carboxylic acids is 2. The molecule has 5 heteroatoms. The first-order chi connectivity index (χ1) is 14.2. The third-order valence-corrected chi connectivity index (χ3v) is 6.66. The molecule has 2 saturated carbocycles. The minimum Gasteiger partial charge on any atom is -0.361 e. The van der Waals surface area contributed by atoms with Crippen molar-refractivity contribution in [2.45, 2.75) is 82.7 Å². The Hall–Kier alpha value is -2.30. The van der Waals surface area contributed by atoms with E-state index in [-0.39, 0.29) is 23.8 Å². The molecule has 4 rings (SSSR count). The molecule has 3 N–H and O–H groups in total. The van der Waals surface area contributed by atoms with Gasteiger partial charge in [-0.25, -0.2) is 0 Å². The number of aromatic nitrogens is 1. The van der Waals surface area contributed by atoms with Crippen molar-refractivity contribution in [3.05, 3.63) is 36.0 Å². The van der Waals surface area contributed by atoms with E-state index in [9.17, 15) is 9.59 Å². The molecule has 5 nitrogen and oxygen atoms in total. The van der Waals surface area contributed by atoms with E-state index in [4.69, 9.17) is 0 Å². The summed E-state index contributed by atoms with van der Waals surface area (Å²) in [5.74, 6) is 0.0661. The maximum Gasteiger partial charge on any atom is 0.243 e. The Balaban J connectivity index is 1.49. The van der Waals surface area contributed by atoms with Crippen LogP contribution in [0.25, 0.3) is 10.9 Å². The van der Waals surface area contributed by atoms with Crippen LogP contribution >= 0.6 is 0 Å². The molecule has 1 aromatic carbocycles. The molecule has 2 aliphatic rings. The van der Waals surface area contributed by atoms with Crippen molar-refractivity contribution in [2.24, 2.45) is 5.92 Å². The standard InChI is InChI=1S/C24H33N3O2/c28-23(17-9-3-1-4-10-17)27-22(24(29)26-19-11-5-2-6-12-19)15-18-16-25-21-14-8-7-13-20(18)21/h7-8,13-14,16-17,19,22,25H,1-6,9-12,15H2,(H,26,29)(H,27,28). The van der Waals surface area contributed by atoms with Crippen LogP contribution in [0.5, 0.6) is 0 Å². The number of amides is 2. The highest BCUT2D eigenvalue weighted by Gasteiger charge is 2.29. The minimum atomic E-state index is -0.523. The molecule has 2 aliphatic carbocycles. The number of carbonyl (C=O) groups is 2. The summed E-state index contributed by atoms with van der Waals surface area (Å²) in [5, 5.41) is 7.46. The van der Waals surface area contributed by atoms with Gasteiger partial charge < -0.3 is 15.6 Å². The number of benzene rings is 1. The number of fused-ring (bicyclic) bond motifs is 1. The molecule has 2 fully saturated rings. The molecule has 0 aliphatic heterocycles. The molecule has 0 radical (unpaired) electrons. The van der Waals surface area contributed by atoms with Gasteiger partial charge in [-0.1, -0.05) is 56.7 Å². The third-order valence-electron chi connectivity index (χ3n) is 6.66. The molecule has 0 saturated heterocycles. The second-order valence-corrected chi connectivity index (χ2v) is 8.80. The zero-order valence-electron chi connectivity index (χ0n) is 17.2. The predicted octanol–water partition coefficient (Wildman–Crippen LogP) is 4.22. The Morgan fingerprint density at radius 1 is 0.966 bits per heavy atom. The number of aromatic amines is 1. The van der Waals surface area contributed by atoms with E-state index in [1.807, 2.05) is 24.4 Å². The molecular formula is C24H33N3O2. The van der Waals surface area contributed by atoms with Gasteiger partial charge in [-0.05, 0) is 37.3 Å². The van der Waals surface area contributed by atoms with Gasteiger partial charge in [-0.15, -0.1) is 0 Å². The number of H-pyrrole nitrogens is 1. The van der Waals surface area contributed by atoms with E-state index in [0.29, 0.717) is 6.42 Å². The van der Waals surface area contributed by atoms with Crippen LogP contribution in [0.1, 0.15) is 69.8 Å². The molecule has 29 heavy (non-hydrogen) atoms. The van der Waals surface area contributed by atoms with E-state index >= 15 is 0 Å². The summed E-state index contributed by atoms with van der Waals surface area (Å²) < 4.78 is 0. The molecular weight excluding hydrogens is 362 g/mol. The maximum atomic E-state index is 13.2. The Labute approximate surface area is 173 Å². The van der Waals surface area contributed by atoms with Crippen molar-refractivity contribution in [1.82, 2.24) is 15.6 Å². The Kier molecular flexibility index (Phi) is 6.53. The van der Waals surface area contributed by atoms with Crippen LogP contribution in [0.2, 0.25) is 0 Å². The van der Waals surface area contributed by atoms with Gasteiger partial charge in [0, 0.05) is 35.5 Å². The number of hydrogen-bond donors (Lipinski definition) is 3. The highest BCUT2D eigenvalue weighted by molar-refractivity contribution is 5.90. The Bertz CT molecular complexity index is 832. The van der Waals surface area contributed by atoms with Crippen LogP contribution in [0.15, 0.2) is 30.5 Å². The fourth-order valence-electron chi connectivity index (χ4n) is 4.93. The highest BCUT2D eigenvalue weighted by atomic mass is 16.2. The van der Waals surface area contributed by atoms with Gasteiger partial charge in [0.05, 0.1) is 0 Å². The van der Waals surface area contributed by atoms with Crippen LogP contribution in [0, 0.1) is 5.92 Å². The maximum absolute atomic E-state index is 13.2. The minimum absolute atomic E-state index is 0.0358. The molecule has 2 aromatic rings. The summed E-state index contributed by atoms with van der Waals surface area (Å²) in [6, 6.07) is 7.84. The first kappa shape index (κ1) is 20.0. The Morgan fingerprint density at radius 3 is 2.41 bits per heavy atom. The average molecular weight is 396 g/mol. The van der Waals surface area contributed by atoms with Crippen molar-refractivity contribution >= 4 is 22.7 Å². The summed E-state index contributed by atoms with van der Waals surface area (Å²) in [7, 11) is 0. The van der Waals surface area contributed by atoms with E-state index in [1.54, 1.807) is 0 Å². The number of hydrogen-bond acceptors (Lipinski definition) is 2. The SMILES string of the molecule is O=C(NC(Cc1c[nH]c2ccccc12)C(=O)NC1CCCCC1)C1CCCCC1. The summed E-state index contributed by atoms with van der Waals surface area (Å²) in [6.45, 7) is 0. The van der Waals surface area contributed by atoms with E-state index in [1.165, 1.54) is 25.7 Å². The molecule has 0 spiro atoms. The van der Waals surface area contributed by atoms with E-state index < -0.39 is 6.04 Å². The van der Waals surface area contributed by atoms with Crippen molar-refractivity contribution < 1.29 is 9.59 Å². The van der Waals surface area contributed by atoms with Crippen LogP contribution in [0.4, 0.5) is 0 Å². The Morgan fingerprint density at radius 2 is 1.66 bits per heavy atom. The molecule has 1 atom stereocenters. The lowest BCUT2D eigenvalue weighted by molar-refractivity contribution is -0.132. The van der Waals surface area contributed by atoms with Gasteiger partial charge in [0.25, 0.3) is 0 Å². The topological polar surface area (TPSA) is 74.0 Å². The molecule has 156 valence electrons. The zero-order valence-corrected chi connectivity index (χ0v) is 17.2. The normalized spacial score (nSPS) is 19.7. The van der Waals surface area contributed by atoms with Crippen LogP contribution < -0.4 is 10.6 Å². The first-order valence-corrected chi connectivity index (χ1v) is 11.4.